The lowest BCUT2D eigenvalue weighted by atomic mass is 10.1. The van der Waals surface area contributed by atoms with Crippen molar-refractivity contribution in [3.05, 3.63) is 59.7 Å². The van der Waals surface area contributed by atoms with Gasteiger partial charge in [-0.15, -0.1) is 0 Å². The molecular weight excluding hydrogens is 290 g/mol. The summed E-state index contributed by atoms with van der Waals surface area (Å²) in [5.41, 5.74) is 1.01. The number of aryl methyl sites for hydroxylation is 1. The topological polar surface area (TPSA) is 74.7 Å². The Hall–Kier alpha value is -2.34. The molecule has 0 heterocycles. The normalized spacial score (nSPS) is 11.1. The van der Waals surface area contributed by atoms with Gasteiger partial charge in [0.1, 0.15) is 0 Å². The van der Waals surface area contributed by atoms with E-state index in [0.717, 1.165) is 4.31 Å². The van der Waals surface area contributed by atoms with Crippen LogP contribution in [0.3, 0.4) is 0 Å². The highest BCUT2D eigenvalue weighted by atomic mass is 32.2. The van der Waals surface area contributed by atoms with E-state index in [9.17, 15) is 13.2 Å². The van der Waals surface area contributed by atoms with Crippen LogP contribution in [0, 0.1) is 6.92 Å². The number of benzene rings is 2. The first-order valence-electron chi connectivity index (χ1n) is 6.22. The molecular formula is C15H15NO4S. The molecule has 0 saturated heterocycles. The third-order valence-electron chi connectivity index (χ3n) is 3.22. The van der Waals surface area contributed by atoms with Gasteiger partial charge in [-0.3, -0.25) is 4.31 Å². The van der Waals surface area contributed by atoms with Gasteiger partial charge < -0.3 is 5.11 Å². The molecule has 110 valence electrons. The molecule has 0 fully saturated rings. The zero-order valence-corrected chi connectivity index (χ0v) is 12.5. The number of anilines is 1. The Labute approximate surface area is 123 Å². The molecule has 0 aliphatic heterocycles. The Kier molecular flexibility index (Phi) is 3.99. The standard InChI is InChI=1S/C15H15NO4S/c1-11-8-9-13(10-14(11)15(17)18)21(19,20)16(2)12-6-4-3-5-7-12/h3-10H,1-2H3,(H,17,18). The lowest BCUT2D eigenvalue weighted by Gasteiger charge is -2.19. The molecule has 0 bridgehead atoms. The molecule has 0 amide bonds. The summed E-state index contributed by atoms with van der Waals surface area (Å²) in [5.74, 6) is -1.15. The number of carboxylic acid groups (broad SMARTS) is 1. The van der Waals surface area contributed by atoms with Crippen LogP contribution >= 0.6 is 0 Å². The van der Waals surface area contributed by atoms with Crippen LogP contribution in [-0.4, -0.2) is 26.5 Å². The van der Waals surface area contributed by atoms with E-state index in [1.807, 2.05) is 0 Å². The van der Waals surface area contributed by atoms with Crippen molar-refractivity contribution >= 4 is 21.7 Å². The summed E-state index contributed by atoms with van der Waals surface area (Å²) in [5, 5.41) is 9.10. The van der Waals surface area contributed by atoms with Crippen molar-refractivity contribution in [1.82, 2.24) is 0 Å². The predicted octanol–water partition coefficient (Wildman–Crippen LogP) is 2.52. The molecule has 6 heteroatoms. The maximum absolute atomic E-state index is 12.6. The highest BCUT2D eigenvalue weighted by Crippen LogP contribution is 2.23. The second-order valence-electron chi connectivity index (χ2n) is 4.59. The molecule has 2 rings (SSSR count). The second kappa shape index (κ2) is 5.57. The van der Waals surface area contributed by atoms with Gasteiger partial charge in [-0.2, -0.15) is 0 Å². The van der Waals surface area contributed by atoms with Crippen LogP contribution in [0.15, 0.2) is 53.4 Å². The fraction of sp³-hybridized carbons (Fsp3) is 0.133. The van der Waals surface area contributed by atoms with Crippen molar-refractivity contribution in [2.24, 2.45) is 0 Å². The average Bonchev–Trinajstić information content (AvgIpc) is 2.47. The summed E-state index contributed by atoms with van der Waals surface area (Å²) in [6, 6.07) is 12.7. The highest BCUT2D eigenvalue weighted by molar-refractivity contribution is 7.92. The van der Waals surface area contributed by atoms with E-state index in [2.05, 4.69) is 0 Å². The number of hydrogen-bond acceptors (Lipinski definition) is 3. The highest BCUT2D eigenvalue weighted by Gasteiger charge is 2.23. The summed E-state index contributed by atoms with van der Waals surface area (Å²) in [7, 11) is -2.36. The van der Waals surface area contributed by atoms with Crippen LogP contribution in [0.2, 0.25) is 0 Å². The third-order valence-corrected chi connectivity index (χ3v) is 5.00. The molecule has 0 radical (unpaired) electrons. The summed E-state index contributed by atoms with van der Waals surface area (Å²) in [4.78, 5) is 11.1. The Morgan fingerprint density at radius 3 is 2.29 bits per heavy atom. The molecule has 0 unspecified atom stereocenters. The van der Waals surface area contributed by atoms with Gasteiger partial charge in [-0.05, 0) is 36.8 Å². The van der Waals surface area contributed by atoms with Crippen LogP contribution in [0.4, 0.5) is 5.69 Å². The monoisotopic (exact) mass is 305 g/mol. The Morgan fingerprint density at radius 1 is 1.10 bits per heavy atom. The van der Waals surface area contributed by atoms with Gasteiger partial charge in [-0.25, -0.2) is 13.2 Å². The van der Waals surface area contributed by atoms with E-state index < -0.39 is 16.0 Å². The summed E-state index contributed by atoms with van der Waals surface area (Å²) in [6.45, 7) is 1.63. The van der Waals surface area contributed by atoms with Crippen molar-refractivity contribution in [3.63, 3.8) is 0 Å². The van der Waals surface area contributed by atoms with Crippen LogP contribution in [0.1, 0.15) is 15.9 Å². The molecule has 1 N–H and O–H groups in total. The molecule has 21 heavy (non-hydrogen) atoms. The smallest absolute Gasteiger partial charge is 0.335 e. The molecule has 0 saturated carbocycles. The second-order valence-corrected chi connectivity index (χ2v) is 6.56. The van der Waals surface area contributed by atoms with E-state index >= 15 is 0 Å². The van der Waals surface area contributed by atoms with Crippen molar-refractivity contribution in [2.75, 3.05) is 11.4 Å². The number of carbonyl (C=O) groups is 1. The predicted molar refractivity (Wildman–Crippen MR) is 80.2 cm³/mol. The zero-order valence-electron chi connectivity index (χ0n) is 11.6. The van der Waals surface area contributed by atoms with Gasteiger partial charge in [0.25, 0.3) is 10.0 Å². The first kappa shape index (κ1) is 15.1. The first-order chi connectivity index (χ1) is 9.84. The van der Waals surface area contributed by atoms with Gasteiger partial charge in [0.15, 0.2) is 0 Å². The Balaban J connectivity index is 2.50. The largest absolute Gasteiger partial charge is 0.478 e. The number of carboxylic acids is 1. The fourth-order valence-electron chi connectivity index (χ4n) is 1.93. The number of nitrogens with zero attached hydrogens (tertiary/aromatic N) is 1. The minimum Gasteiger partial charge on any atom is -0.478 e. The molecule has 0 aliphatic rings. The summed E-state index contributed by atoms with van der Waals surface area (Å²) in [6.07, 6.45) is 0. The van der Waals surface area contributed by atoms with E-state index in [4.69, 9.17) is 5.11 Å². The number of hydrogen-bond donors (Lipinski definition) is 1. The minimum absolute atomic E-state index is 0.0162. The van der Waals surface area contributed by atoms with E-state index in [1.165, 1.54) is 25.2 Å². The van der Waals surface area contributed by atoms with Gasteiger partial charge in [0.2, 0.25) is 0 Å². The van der Waals surface area contributed by atoms with Gasteiger partial charge in [-0.1, -0.05) is 24.3 Å². The molecule has 0 atom stereocenters. The lowest BCUT2D eigenvalue weighted by molar-refractivity contribution is 0.0696. The van der Waals surface area contributed by atoms with Gasteiger partial charge in [0, 0.05) is 7.05 Å². The van der Waals surface area contributed by atoms with Crippen LogP contribution in [0.25, 0.3) is 0 Å². The average molecular weight is 305 g/mol. The van der Waals surface area contributed by atoms with Crippen LogP contribution in [0.5, 0.6) is 0 Å². The first-order valence-corrected chi connectivity index (χ1v) is 7.66. The third kappa shape index (κ3) is 2.90. The van der Waals surface area contributed by atoms with Crippen molar-refractivity contribution < 1.29 is 18.3 Å². The number of sulfonamides is 1. The van der Waals surface area contributed by atoms with Crippen molar-refractivity contribution in [1.29, 1.82) is 0 Å². The van der Waals surface area contributed by atoms with E-state index in [1.54, 1.807) is 37.3 Å². The number of para-hydroxylation sites is 1. The van der Waals surface area contributed by atoms with Crippen LogP contribution in [-0.2, 0) is 10.0 Å². The maximum Gasteiger partial charge on any atom is 0.335 e. The fourth-order valence-corrected chi connectivity index (χ4v) is 3.15. The molecule has 2 aromatic carbocycles. The van der Waals surface area contributed by atoms with E-state index in [-0.39, 0.29) is 10.5 Å². The quantitative estimate of drug-likeness (QED) is 0.942. The Morgan fingerprint density at radius 2 is 1.71 bits per heavy atom. The lowest BCUT2D eigenvalue weighted by Crippen LogP contribution is -2.26. The molecule has 0 aromatic heterocycles. The van der Waals surface area contributed by atoms with E-state index in [0.29, 0.717) is 11.3 Å². The van der Waals surface area contributed by atoms with Crippen molar-refractivity contribution in [2.45, 2.75) is 11.8 Å². The van der Waals surface area contributed by atoms with Gasteiger partial charge >= 0.3 is 5.97 Å². The van der Waals surface area contributed by atoms with Gasteiger partial charge in [0.05, 0.1) is 16.1 Å². The Bertz CT molecular complexity index is 770. The summed E-state index contributed by atoms with van der Waals surface area (Å²) >= 11 is 0. The zero-order chi connectivity index (χ0) is 15.6. The number of aromatic carboxylic acids is 1. The minimum atomic E-state index is -3.79. The number of rotatable bonds is 4. The maximum atomic E-state index is 12.6. The molecule has 2 aromatic rings. The summed E-state index contributed by atoms with van der Waals surface area (Å²) < 4.78 is 26.2. The van der Waals surface area contributed by atoms with Crippen LogP contribution < -0.4 is 4.31 Å². The van der Waals surface area contributed by atoms with Crippen molar-refractivity contribution in [3.8, 4) is 0 Å². The SMILES string of the molecule is Cc1ccc(S(=O)(=O)N(C)c2ccccc2)cc1C(=O)O. The molecule has 5 nitrogen and oxygen atoms in total. The molecule has 0 spiro atoms. The molecule has 0 aliphatic carbocycles.